The Bertz CT molecular complexity index is 1130. The van der Waals surface area contributed by atoms with Gasteiger partial charge in [0.1, 0.15) is 5.82 Å². The van der Waals surface area contributed by atoms with E-state index in [0.717, 1.165) is 53.8 Å². The number of carbonyl (C=O) groups is 2. The highest BCUT2D eigenvalue weighted by Gasteiger charge is 2.45. The fourth-order valence-electron chi connectivity index (χ4n) is 4.23. The molecular formula is C25H25N3O2. The van der Waals surface area contributed by atoms with Crippen molar-refractivity contribution in [2.45, 2.75) is 45.4 Å². The number of aryl methyl sites for hydroxylation is 1. The first-order valence-electron chi connectivity index (χ1n) is 10.6. The first kappa shape index (κ1) is 18.8. The smallest absolute Gasteiger partial charge is 0.231 e. The van der Waals surface area contributed by atoms with E-state index in [2.05, 4.69) is 27.4 Å². The molecule has 0 radical (unpaired) electrons. The highest BCUT2D eigenvalue weighted by molar-refractivity contribution is 6.02. The minimum absolute atomic E-state index is 0.0256. The Morgan fingerprint density at radius 2 is 1.97 bits per heavy atom. The summed E-state index contributed by atoms with van der Waals surface area (Å²) in [7, 11) is 0. The largest absolute Gasteiger partial charge is 0.358 e. The van der Waals surface area contributed by atoms with Crippen LogP contribution >= 0.6 is 0 Å². The molecule has 2 N–H and O–H groups in total. The number of Topliss-reactive ketones (excluding diaryl/α,β-unsaturated/α-hetero) is 1. The van der Waals surface area contributed by atoms with Crippen molar-refractivity contribution in [2.75, 3.05) is 5.32 Å². The van der Waals surface area contributed by atoms with E-state index in [1.54, 1.807) is 6.20 Å². The van der Waals surface area contributed by atoms with Crippen molar-refractivity contribution in [3.8, 4) is 11.3 Å². The standard InChI is InChI=1S/C25H25N3O2/c1-25(11-12-25)24(30)28-21-15-17(10-13-26-21)23-18(14-16-6-3-2-4-7-16)22-19(27-23)8-5-9-20(22)29/h2-4,6-7,10,13,15,27H,5,8-9,11-12,14H2,1H3,(H,26,28,30). The number of anilines is 1. The normalized spacial score (nSPS) is 16.8. The van der Waals surface area contributed by atoms with Gasteiger partial charge in [-0.2, -0.15) is 0 Å². The number of hydrogen-bond donors (Lipinski definition) is 2. The van der Waals surface area contributed by atoms with Gasteiger partial charge in [-0.15, -0.1) is 0 Å². The summed E-state index contributed by atoms with van der Waals surface area (Å²) in [5.74, 6) is 0.793. The first-order chi connectivity index (χ1) is 14.5. The Kier molecular flexibility index (Phi) is 4.54. The molecule has 30 heavy (non-hydrogen) atoms. The van der Waals surface area contributed by atoms with Gasteiger partial charge in [-0.05, 0) is 48.9 Å². The van der Waals surface area contributed by atoms with Crippen molar-refractivity contribution in [3.63, 3.8) is 0 Å². The van der Waals surface area contributed by atoms with E-state index in [0.29, 0.717) is 18.7 Å². The van der Waals surface area contributed by atoms with E-state index in [1.165, 1.54) is 5.56 Å². The second-order valence-corrected chi connectivity index (χ2v) is 8.72. The number of aromatic nitrogens is 2. The van der Waals surface area contributed by atoms with Gasteiger partial charge in [0.05, 0.1) is 5.69 Å². The van der Waals surface area contributed by atoms with Crippen LogP contribution in [0.5, 0.6) is 0 Å². The van der Waals surface area contributed by atoms with Crippen LogP contribution in [-0.4, -0.2) is 21.7 Å². The van der Waals surface area contributed by atoms with E-state index >= 15 is 0 Å². The van der Waals surface area contributed by atoms with Gasteiger partial charge in [-0.1, -0.05) is 37.3 Å². The van der Waals surface area contributed by atoms with Crippen LogP contribution in [0.2, 0.25) is 0 Å². The van der Waals surface area contributed by atoms with Crippen LogP contribution in [0, 0.1) is 5.41 Å². The zero-order chi connectivity index (χ0) is 20.7. The average molecular weight is 399 g/mol. The maximum Gasteiger partial charge on any atom is 0.231 e. The molecule has 5 rings (SSSR count). The predicted octanol–water partition coefficient (Wildman–Crippen LogP) is 4.93. The van der Waals surface area contributed by atoms with Crippen molar-refractivity contribution >= 4 is 17.5 Å². The Labute approximate surface area is 175 Å². The molecule has 1 saturated carbocycles. The predicted molar refractivity (Wildman–Crippen MR) is 117 cm³/mol. The van der Waals surface area contributed by atoms with Gasteiger partial charge in [0.25, 0.3) is 0 Å². The zero-order valence-electron chi connectivity index (χ0n) is 17.1. The molecule has 1 fully saturated rings. The summed E-state index contributed by atoms with van der Waals surface area (Å²) >= 11 is 0. The SMILES string of the molecule is CC1(C(=O)Nc2cc(-c3[nH]c4c(c3Cc3ccccc3)C(=O)CCC4)ccn2)CC1. The van der Waals surface area contributed by atoms with Crippen LogP contribution in [-0.2, 0) is 17.6 Å². The van der Waals surface area contributed by atoms with Gasteiger partial charge in [-0.3, -0.25) is 9.59 Å². The molecule has 0 aliphatic heterocycles. The van der Waals surface area contributed by atoms with Crippen molar-refractivity contribution in [1.82, 2.24) is 9.97 Å². The molecule has 5 nitrogen and oxygen atoms in total. The highest BCUT2D eigenvalue weighted by Crippen LogP contribution is 2.45. The molecule has 2 heterocycles. The number of ketones is 1. The number of nitrogens with zero attached hydrogens (tertiary/aromatic N) is 1. The Balaban J connectivity index is 1.54. The average Bonchev–Trinajstić information content (AvgIpc) is 3.40. The number of amides is 1. The van der Waals surface area contributed by atoms with E-state index in [9.17, 15) is 9.59 Å². The molecule has 152 valence electrons. The van der Waals surface area contributed by atoms with Crippen LogP contribution in [0.1, 0.15) is 59.8 Å². The maximum atomic E-state index is 12.8. The first-order valence-corrected chi connectivity index (χ1v) is 10.6. The summed E-state index contributed by atoms with van der Waals surface area (Å²) in [6, 6.07) is 14.1. The number of benzene rings is 1. The van der Waals surface area contributed by atoms with E-state index in [4.69, 9.17) is 0 Å². The summed E-state index contributed by atoms with van der Waals surface area (Å²) in [6.07, 6.45) is 6.62. The molecule has 5 heteroatoms. The molecule has 1 aromatic carbocycles. The molecule has 2 aliphatic carbocycles. The van der Waals surface area contributed by atoms with Crippen molar-refractivity contribution in [3.05, 3.63) is 71.0 Å². The van der Waals surface area contributed by atoms with Crippen LogP contribution in [0.25, 0.3) is 11.3 Å². The number of fused-ring (bicyclic) bond motifs is 1. The number of rotatable bonds is 5. The van der Waals surface area contributed by atoms with Crippen molar-refractivity contribution < 1.29 is 9.59 Å². The summed E-state index contributed by atoms with van der Waals surface area (Å²) in [5.41, 5.74) is 5.73. The van der Waals surface area contributed by atoms with Gasteiger partial charge in [0, 0.05) is 41.3 Å². The lowest BCUT2D eigenvalue weighted by Crippen LogP contribution is -2.21. The summed E-state index contributed by atoms with van der Waals surface area (Å²) < 4.78 is 0. The molecule has 1 amide bonds. The zero-order valence-corrected chi connectivity index (χ0v) is 17.1. The van der Waals surface area contributed by atoms with Gasteiger partial charge in [0.2, 0.25) is 5.91 Å². The molecule has 3 aromatic rings. The Morgan fingerprint density at radius 1 is 1.17 bits per heavy atom. The number of H-pyrrole nitrogens is 1. The fraction of sp³-hybridized carbons (Fsp3) is 0.320. The number of hydrogen-bond acceptors (Lipinski definition) is 3. The molecule has 0 spiro atoms. The topological polar surface area (TPSA) is 74.8 Å². The summed E-state index contributed by atoms with van der Waals surface area (Å²) in [6.45, 7) is 1.98. The quantitative estimate of drug-likeness (QED) is 0.639. The lowest BCUT2D eigenvalue weighted by molar-refractivity contribution is -0.120. The number of aromatic amines is 1. The van der Waals surface area contributed by atoms with Crippen LogP contribution in [0.4, 0.5) is 5.82 Å². The third-order valence-electron chi connectivity index (χ3n) is 6.35. The van der Waals surface area contributed by atoms with Crippen LogP contribution in [0.3, 0.4) is 0 Å². The molecule has 0 bridgehead atoms. The molecular weight excluding hydrogens is 374 g/mol. The maximum absolute atomic E-state index is 12.8. The van der Waals surface area contributed by atoms with Crippen LogP contribution < -0.4 is 5.32 Å². The lowest BCUT2D eigenvalue weighted by atomic mass is 9.90. The van der Waals surface area contributed by atoms with Crippen molar-refractivity contribution in [2.24, 2.45) is 5.41 Å². The van der Waals surface area contributed by atoms with Crippen molar-refractivity contribution in [1.29, 1.82) is 0 Å². The molecule has 2 aromatic heterocycles. The number of nitrogens with one attached hydrogen (secondary N) is 2. The molecule has 0 unspecified atom stereocenters. The second-order valence-electron chi connectivity index (χ2n) is 8.72. The number of carbonyl (C=O) groups excluding carboxylic acids is 2. The third kappa shape index (κ3) is 3.45. The second kappa shape index (κ2) is 7.24. The van der Waals surface area contributed by atoms with Gasteiger partial charge in [0.15, 0.2) is 5.78 Å². The monoisotopic (exact) mass is 399 g/mol. The third-order valence-corrected chi connectivity index (χ3v) is 6.35. The summed E-state index contributed by atoms with van der Waals surface area (Å²) in [4.78, 5) is 33.1. The number of pyridine rings is 1. The van der Waals surface area contributed by atoms with Gasteiger partial charge in [-0.25, -0.2) is 4.98 Å². The van der Waals surface area contributed by atoms with E-state index in [1.807, 2.05) is 37.3 Å². The van der Waals surface area contributed by atoms with Gasteiger partial charge < -0.3 is 10.3 Å². The highest BCUT2D eigenvalue weighted by atomic mass is 16.2. The Morgan fingerprint density at radius 3 is 2.73 bits per heavy atom. The fourth-order valence-corrected chi connectivity index (χ4v) is 4.23. The lowest BCUT2D eigenvalue weighted by Gasteiger charge is -2.13. The molecule has 0 saturated heterocycles. The van der Waals surface area contributed by atoms with E-state index < -0.39 is 0 Å². The molecule has 0 atom stereocenters. The minimum Gasteiger partial charge on any atom is -0.358 e. The summed E-state index contributed by atoms with van der Waals surface area (Å²) in [5, 5.41) is 2.96. The minimum atomic E-state index is -0.256. The Hall–Kier alpha value is -3.21. The van der Waals surface area contributed by atoms with E-state index in [-0.39, 0.29) is 17.1 Å². The van der Waals surface area contributed by atoms with Gasteiger partial charge >= 0.3 is 0 Å². The van der Waals surface area contributed by atoms with Crippen LogP contribution in [0.15, 0.2) is 48.7 Å². The molecule has 2 aliphatic rings.